The summed E-state index contributed by atoms with van der Waals surface area (Å²) in [5.41, 5.74) is 3.54. The molecule has 1 fully saturated rings. The number of ether oxygens (including phenoxy) is 3. The van der Waals surface area contributed by atoms with Crippen molar-refractivity contribution >= 4 is 17.0 Å². The zero-order valence-corrected chi connectivity index (χ0v) is 23.6. The number of aryl methyl sites for hydroxylation is 1. The van der Waals surface area contributed by atoms with Crippen molar-refractivity contribution in [3.05, 3.63) is 82.6 Å². The Balaban J connectivity index is 1.25. The maximum atomic E-state index is 14.2. The molecule has 10 heteroatoms. The molecular formula is C31H32FN5O4. The van der Waals surface area contributed by atoms with Crippen molar-refractivity contribution in [1.29, 1.82) is 5.26 Å². The standard InChI is InChI=1S/C31H32FN5O4/c1-19(30-35-29-26(36(30)2)15-23(31(38)40-4)16-27(29)39-3)37-12-10-21(11-13-37)25-6-5-7-28(34-25)41-18-22-9-8-20(17-33)14-24(22)32/h5-9,14-16,19,21H,10-13,18H2,1-4H3/t19-/m1/s1. The number of hydrogen-bond donors (Lipinski definition) is 0. The number of fused-ring (bicyclic) bond motifs is 1. The summed E-state index contributed by atoms with van der Waals surface area (Å²) in [6.45, 7) is 3.91. The summed E-state index contributed by atoms with van der Waals surface area (Å²) in [4.78, 5) is 24.2. The second-order valence-corrected chi connectivity index (χ2v) is 10.2. The molecule has 1 aliphatic rings. The van der Waals surface area contributed by atoms with E-state index in [0.29, 0.717) is 28.3 Å². The molecule has 0 aliphatic carbocycles. The summed E-state index contributed by atoms with van der Waals surface area (Å²) in [7, 11) is 4.88. The minimum absolute atomic E-state index is 0.0356. The van der Waals surface area contributed by atoms with Crippen molar-refractivity contribution < 1.29 is 23.4 Å². The number of esters is 1. The van der Waals surface area contributed by atoms with Gasteiger partial charge in [0.05, 0.1) is 43.0 Å². The lowest BCUT2D eigenvalue weighted by Crippen LogP contribution is -2.36. The zero-order chi connectivity index (χ0) is 29.1. The lowest BCUT2D eigenvalue weighted by molar-refractivity contribution is 0.0600. The van der Waals surface area contributed by atoms with Crippen LogP contribution < -0.4 is 9.47 Å². The number of likely N-dealkylation sites (tertiary alicyclic amines) is 1. The Morgan fingerprint density at radius 3 is 2.61 bits per heavy atom. The van der Waals surface area contributed by atoms with Crippen molar-refractivity contribution in [1.82, 2.24) is 19.4 Å². The van der Waals surface area contributed by atoms with E-state index in [4.69, 9.17) is 29.4 Å². The highest BCUT2D eigenvalue weighted by molar-refractivity contribution is 5.96. The summed E-state index contributed by atoms with van der Waals surface area (Å²) in [6.07, 6.45) is 1.84. The van der Waals surface area contributed by atoms with E-state index < -0.39 is 11.8 Å². The third-order valence-electron chi connectivity index (χ3n) is 7.80. The number of carbonyl (C=O) groups is 1. The van der Waals surface area contributed by atoms with Crippen molar-refractivity contribution in [2.75, 3.05) is 27.3 Å². The summed E-state index contributed by atoms with van der Waals surface area (Å²) < 4.78 is 32.5. The van der Waals surface area contributed by atoms with E-state index in [1.807, 2.05) is 29.8 Å². The Labute approximate surface area is 238 Å². The molecule has 2 aromatic carbocycles. The molecule has 1 saturated heterocycles. The van der Waals surface area contributed by atoms with Gasteiger partial charge in [-0.2, -0.15) is 5.26 Å². The summed E-state index contributed by atoms with van der Waals surface area (Å²) in [6, 6.07) is 15.5. The maximum absolute atomic E-state index is 14.2. The number of rotatable bonds is 8. The minimum atomic E-state index is -0.468. The van der Waals surface area contributed by atoms with Crippen LogP contribution in [0.4, 0.5) is 4.39 Å². The molecule has 1 atom stereocenters. The largest absolute Gasteiger partial charge is 0.494 e. The van der Waals surface area contributed by atoms with Crippen molar-refractivity contribution in [3.8, 4) is 17.7 Å². The highest BCUT2D eigenvalue weighted by Crippen LogP contribution is 2.35. The van der Waals surface area contributed by atoms with Gasteiger partial charge in [0.2, 0.25) is 5.88 Å². The first-order valence-corrected chi connectivity index (χ1v) is 13.5. The van der Waals surface area contributed by atoms with Crippen LogP contribution in [-0.4, -0.2) is 52.7 Å². The number of piperidine rings is 1. The van der Waals surface area contributed by atoms with Gasteiger partial charge in [-0.3, -0.25) is 4.90 Å². The van der Waals surface area contributed by atoms with Gasteiger partial charge in [0.1, 0.15) is 29.5 Å². The van der Waals surface area contributed by atoms with E-state index in [2.05, 4.69) is 11.8 Å². The van der Waals surface area contributed by atoms with E-state index >= 15 is 0 Å². The lowest BCUT2D eigenvalue weighted by atomic mass is 9.92. The Morgan fingerprint density at radius 2 is 1.93 bits per heavy atom. The van der Waals surface area contributed by atoms with Crippen molar-refractivity contribution in [2.24, 2.45) is 7.05 Å². The monoisotopic (exact) mass is 557 g/mol. The van der Waals surface area contributed by atoms with Crippen LogP contribution in [0.15, 0.2) is 48.5 Å². The number of hydrogen-bond acceptors (Lipinski definition) is 8. The molecular weight excluding hydrogens is 525 g/mol. The highest BCUT2D eigenvalue weighted by atomic mass is 19.1. The topological polar surface area (TPSA) is 102 Å². The second-order valence-electron chi connectivity index (χ2n) is 10.2. The third-order valence-corrected chi connectivity index (χ3v) is 7.80. The van der Waals surface area contributed by atoms with E-state index in [-0.39, 0.29) is 24.1 Å². The minimum Gasteiger partial charge on any atom is -0.494 e. The van der Waals surface area contributed by atoms with E-state index in [1.54, 1.807) is 37.4 Å². The fourth-order valence-electron chi connectivity index (χ4n) is 5.41. The molecule has 0 unspecified atom stereocenters. The fraction of sp³-hybridized carbons (Fsp3) is 0.355. The summed E-state index contributed by atoms with van der Waals surface area (Å²) in [5, 5.41) is 8.93. The van der Waals surface area contributed by atoms with Gasteiger partial charge < -0.3 is 18.8 Å². The molecule has 0 spiro atoms. The summed E-state index contributed by atoms with van der Waals surface area (Å²) in [5.74, 6) is 1.25. The second kappa shape index (κ2) is 11.9. The van der Waals surface area contributed by atoms with Gasteiger partial charge in [0.25, 0.3) is 0 Å². The first kappa shape index (κ1) is 28.1. The van der Waals surface area contributed by atoms with Gasteiger partial charge in [0.15, 0.2) is 0 Å². The van der Waals surface area contributed by atoms with Gasteiger partial charge in [-0.25, -0.2) is 19.2 Å². The molecule has 3 heterocycles. The normalized spacial score (nSPS) is 14.9. The predicted octanol–water partition coefficient (Wildman–Crippen LogP) is 5.29. The van der Waals surface area contributed by atoms with E-state index in [0.717, 1.165) is 43.0 Å². The molecule has 212 valence electrons. The number of nitriles is 1. The molecule has 0 saturated carbocycles. The molecule has 0 radical (unpaired) electrons. The third kappa shape index (κ3) is 5.72. The Hall–Kier alpha value is -4.49. The number of carbonyl (C=O) groups excluding carboxylic acids is 1. The van der Waals surface area contributed by atoms with Gasteiger partial charge in [0, 0.05) is 30.3 Å². The van der Waals surface area contributed by atoms with Gasteiger partial charge in [-0.05, 0) is 63.2 Å². The highest BCUT2D eigenvalue weighted by Gasteiger charge is 2.28. The van der Waals surface area contributed by atoms with E-state index in [9.17, 15) is 9.18 Å². The SMILES string of the molecule is COC(=O)c1cc(OC)c2nc([C@@H](C)N3CCC(c4cccc(OCc5ccc(C#N)cc5F)n4)CC3)n(C)c2c1. The van der Waals surface area contributed by atoms with Crippen LogP contribution in [0.2, 0.25) is 0 Å². The van der Waals surface area contributed by atoms with Crippen LogP contribution in [0.1, 0.15) is 64.7 Å². The molecule has 2 aromatic heterocycles. The molecule has 4 aromatic rings. The Kier molecular flexibility index (Phi) is 8.17. The molecule has 5 rings (SSSR count). The molecule has 1 aliphatic heterocycles. The number of methoxy groups -OCH3 is 2. The van der Waals surface area contributed by atoms with Crippen molar-refractivity contribution in [2.45, 2.75) is 38.3 Å². The quantitative estimate of drug-likeness (QED) is 0.269. The van der Waals surface area contributed by atoms with Crippen LogP contribution >= 0.6 is 0 Å². The Bertz CT molecular complexity index is 1620. The first-order valence-electron chi connectivity index (χ1n) is 13.5. The molecule has 0 N–H and O–H groups in total. The number of halogens is 1. The number of pyridine rings is 1. The molecule has 9 nitrogen and oxygen atoms in total. The number of imidazole rings is 1. The van der Waals surface area contributed by atoms with Gasteiger partial charge in [-0.1, -0.05) is 12.1 Å². The van der Waals surface area contributed by atoms with Gasteiger partial charge >= 0.3 is 5.97 Å². The molecule has 41 heavy (non-hydrogen) atoms. The predicted molar refractivity (Wildman–Crippen MR) is 150 cm³/mol. The number of nitrogens with zero attached hydrogens (tertiary/aromatic N) is 5. The fourth-order valence-corrected chi connectivity index (χ4v) is 5.41. The number of aromatic nitrogens is 3. The summed E-state index contributed by atoms with van der Waals surface area (Å²) >= 11 is 0. The molecule has 0 bridgehead atoms. The smallest absolute Gasteiger partial charge is 0.338 e. The van der Waals surface area contributed by atoms with Crippen LogP contribution in [0.3, 0.4) is 0 Å². The zero-order valence-electron chi connectivity index (χ0n) is 23.6. The van der Waals surface area contributed by atoms with Crippen LogP contribution in [-0.2, 0) is 18.4 Å². The van der Waals surface area contributed by atoms with Crippen molar-refractivity contribution in [3.63, 3.8) is 0 Å². The average molecular weight is 558 g/mol. The number of benzene rings is 2. The average Bonchev–Trinajstić information content (AvgIpc) is 3.35. The van der Waals surface area contributed by atoms with E-state index in [1.165, 1.54) is 13.2 Å². The molecule has 0 amide bonds. The Morgan fingerprint density at radius 1 is 1.15 bits per heavy atom. The first-order chi connectivity index (χ1) is 19.8. The lowest BCUT2D eigenvalue weighted by Gasteiger charge is -2.35. The van der Waals surface area contributed by atoms with Crippen LogP contribution in [0.5, 0.6) is 11.6 Å². The van der Waals surface area contributed by atoms with Crippen LogP contribution in [0.25, 0.3) is 11.0 Å². The van der Waals surface area contributed by atoms with Crippen LogP contribution in [0, 0.1) is 17.1 Å². The maximum Gasteiger partial charge on any atom is 0.338 e. The van der Waals surface area contributed by atoms with Gasteiger partial charge in [-0.15, -0.1) is 0 Å².